The topological polar surface area (TPSA) is 28.2 Å². The first-order valence-corrected chi connectivity index (χ1v) is 6.62. The minimum absolute atomic E-state index is 0.540. The van der Waals surface area contributed by atoms with Gasteiger partial charge in [-0.3, -0.25) is 0 Å². The van der Waals surface area contributed by atoms with E-state index in [1.807, 2.05) is 6.20 Å². The molecule has 0 bridgehead atoms. The zero-order valence-electron chi connectivity index (χ0n) is 11.1. The standard InChI is InChI=1S/C14H23N3/c1-4-11(2)17(3)14-8-5-12(10-16-14)9-15-13-6-7-13/h5,8,10-11,13,15H,4,6-7,9H2,1-3H3. The Kier molecular flexibility index (Phi) is 4.00. The second kappa shape index (κ2) is 5.50. The lowest BCUT2D eigenvalue weighted by Gasteiger charge is -2.24. The van der Waals surface area contributed by atoms with Crippen molar-refractivity contribution in [3.63, 3.8) is 0 Å². The molecule has 94 valence electrons. The number of aromatic nitrogens is 1. The van der Waals surface area contributed by atoms with Gasteiger partial charge in [0.25, 0.3) is 0 Å². The highest BCUT2D eigenvalue weighted by molar-refractivity contribution is 5.39. The van der Waals surface area contributed by atoms with Crippen LogP contribution in [0.25, 0.3) is 0 Å². The molecular formula is C14H23N3. The maximum Gasteiger partial charge on any atom is 0.128 e. The van der Waals surface area contributed by atoms with Crippen molar-refractivity contribution in [3.8, 4) is 0 Å². The molecule has 1 unspecified atom stereocenters. The lowest BCUT2D eigenvalue weighted by atomic mass is 10.2. The molecule has 1 aliphatic carbocycles. The second-order valence-electron chi connectivity index (χ2n) is 5.05. The summed E-state index contributed by atoms with van der Waals surface area (Å²) in [6, 6.07) is 5.60. The maximum atomic E-state index is 4.53. The zero-order chi connectivity index (χ0) is 12.3. The van der Waals surface area contributed by atoms with Gasteiger partial charge in [0.15, 0.2) is 0 Å². The molecule has 0 saturated heterocycles. The first kappa shape index (κ1) is 12.4. The van der Waals surface area contributed by atoms with Gasteiger partial charge in [-0.15, -0.1) is 0 Å². The smallest absolute Gasteiger partial charge is 0.128 e. The summed E-state index contributed by atoms with van der Waals surface area (Å²) in [6.45, 7) is 5.38. The molecule has 0 spiro atoms. The predicted octanol–water partition coefficient (Wildman–Crippen LogP) is 2.57. The van der Waals surface area contributed by atoms with Crippen LogP contribution < -0.4 is 10.2 Å². The number of nitrogens with zero attached hydrogens (tertiary/aromatic N) is 2. The summed E-state index contributed by atoms with van der Waals surface area (Å²) in [5.41, 5.74) is 1.28. The molecule has 2 rings (SSSR count). The van der Waals surface area contributed by atoms with Crippen LogP contribution in [0.15, 0.2) is 18.3 Å². The molecule has 1 heterocycles. The molecule has 1 fully saturated rings. The van der Waals surface area contributed by atoms with E-state index in [-0.39, 0.29) is 0 Å². The van der Waals surface area contributed by atoms with Crippen LogP contribution in [0.3, 0.4) is 0 Å². The quantitative estimate of drug-likeness (QED) is 0.818. The SMILES string of the molecule is CCC(C)N(C)c1ccc(CNC2CC2)cn1. The van der Waals surface area contributed by atoms with E-state index in [0.717, 1.165) is 24.8 Å². The van der Waals surface area contributed by atoms with E-state index in [4.69, 9.17) is 0 Å². The van der Waals surface area contributed by atoms with Gasteiger partial charge in [0.1, 0.15) is 5.82 Å². The number of hydrogen-bond donors (Lipinski definition) is 1. The highest BCUT2D eigenvalue weighted by atomic mass is 15.2. The predicted molar refractivity (Wildman–Crippen MR) is 72.3 cm³/mol. The summed E-state index contributed by atoms with van der Waals surface area (Å²) in [5, 5.41) is 3.50. The average molecular weight is 233 g/mol. The highest BCUT2D eigenvalue weighted by Gasteiger charge is 2.19. The summed E-state index contributed by atoms with van der Waals surface area (Å²) < 4.78 is 0. The van der Waals surface area contributed by atoms with Crippen molar-refractivity contribution >= 4 is 5.82 Å². The van der Waals surface area contributed by atoms with E-state index < -0.39 is 0 Å². The Morgan fingerprint density at radius 1 is 1.47 bits per heavy atom. The third kappa shape index (κ3) is 3.43. The van der Waals surface area contributed by atoms with Gasteiger partial charge in [-0.1, -0.05) is 13.0 Å². The number of anilines is 1. The monoisotopic (exact) mass is 233 g/mol. The van der Waals surface area contributed by atoms with Crippen molar-refractivity contribution in [2.75, 3.05) is 11.9 Å². The van der Waals surface area contributed by atoms with E-state index >= 15 is 0 Å². The lowest BCUT2D eigenvalue weighted by molar-refractivity contribution is 0.654. The number of nitrogens with one attached hydrogen (secondary N) is 1. The summed E-state index contributed by atoms with van der Waals surface area (Å²) >= 11 is 0. The minimum atomic E-state index is 0.540. The van der Waals surface area contributed by atoms with Crippen molar-refractivity contribution in [2.24, 2.45) is 0 Å². The molecule has 1 N–H and O–H groups in total. The van der Waals surface area contributed by atoms with Crippen molar-refractivity contribution in [3.05, 3.63) is 23.9 Å². The van der Waals surface area contributed by atoms with Crippen molar-refractivity contribution in [2.45, 2.75) is 51.7 Å². The molecule has 3 heteroatoms. The molecular weight excluding hydrogens is 210 g/mol. The van der Waals surface area contributed by atoms with Gasteiger partial charge < -0.3 is 10.2 Å². The van der Waals surface area contributed by atoms with Gasteiger partial charge in [0.2, 0.25) is 0 Å². The van der Waals surface area contributed by atoms with Crippen molar-refractivity contribution < 1.29 is 0 Å². The summed E-state index contributed by atoms with van der Waals surface area (Å²) in [5.74, 6) is 1.06. The molecule has 0 aliphatic heterocycles. The molecule has 1 aromatic heterocycles. The van der Waals surface area contributed by atoms with Crippen LogP contribution in [0.4, 0.5) is 5.82 Å². The Labute approximate surface area is 104 Å². The van der Waals surface area contributed by atoms with E-state index in [2.05, 4.69) is 48.2 Å². The van der Waals surface area contributed by atoms with Crippen molar-refractivity contribution in [1.82, 2.24) is 10.3 Å². The van der Waals surface area contributed by atoms with Gasteiger partial charge in [0, 0.05) is 31.9 Å². The van der Waals surface area contributed by atoms with E-state index in [0.29, 0.717) is 6.04 Å². The first-order chi connectivity index (χ1) is 8.20. The molecule has 0 radical (unpaired) electrons. The number of hydrogen-bond acceptors (Lipinski definition) is 3. The molecule has 1 atom stereocenters. The Morgan fingerprint density at radius 3 is 2.76 bits per heavy atom. The normalized spacial score (nSPS) is 16.9. The molecule has 0 amide bonds. The highest BCUT2D eigenvalue weighted by Crippen LogP contribution is 2.19. The van der Waals surface area contributed by atoms with Crippen LogP contribution in [0.5, 0.6) is 0 Å². The van der Waals surface area contributed by atoms with Gasteiger partial charge in [-0.2, -0.15) is 0 Å². The Bertz CT molecular complexity index is 343. The lowest BCUT2D eigenvalue weighted by Crippen LogP contribution is -2.28. The van der Waals surface area contributed by atoms with Crippen LogP contribution in [0.1, 0.15) is 38.7 Å². The molecule has 1 aliphatic rings. The number of rotatable bonds is 6. The molecule has 1 saturated carbocycles. The van der Waals surface area contributed by atoms with Gasteiger partial charge in [-0.25, -0.2) is 4.98 Å². The minimum Gasteiger partial charge on any atom is -0.357 e. The summed E-state index contributed by atoms with van der Waals surface area (Å²) in [7, 11) is 2.11. The maximum absolute atomic E-state index is 4.53. The third-order valence-corrected chi connectivity index (χ3v) is 3.59. The van der Waals surface area contributed by atoms with Crippen LogP contribution in [-0.4, -0.2) is 24.1 Å². The Hall–Kier alpha value is -1.09. The Morgan fingerprint density at radius 2 is 2.24 bits per heavy atom. The fourth-order valence-electron chi connectivity index (χ4n) is 1.78. The third-order valence-electron chi connectivity index (χ3n) is 3.59. The number of pyridine rings is 1. The molecule has 17 heavy (non-hydrogen) atoms. The average Bonchev–Trinajstić information content (AvgIpc) is 3.19. The van der Waals surface area contributed by atoms with Gasteiger partial charge in [-0.05, 0) is 37.8 Å². The van der Waals surface area contributed by atoms with Gasteiger partial charge >= 0.3 is 0 Å². The van der Waals surface area contributed by atoms with Crippen LogP contribution in [0, 0.1) is 0 Å². The summed E-state index contributed by atoms with van der Waals surface area (Å²) in [4.78, 5) is 6.77. The molecule has 3 nitrogen and oxygen atoms in total. The molecule has 0 aromatic carbocycles. The summed E-state index contributed by atoms with van der Waals surface area (Å²) in [6.07, 6.45) is 5.80. The first-order valence-electron chi connectivity index (χ1n) is 6.62. The largest absolute Gasteiger partial charge is 0.357 e. The van der Waals surface area contributed by atoms with Crippen LogP contribution >= 0.6 is 0 Å². The fraction of sp³-hybridized carbons (Fsp3) is 0.643. The van der Waals surface area contributed by atoms with E-state index in [1.54, 1.807) is 0 Å². The van der Waals surface area contributed by atoms with E-state index in [1.165, 1.54) is 18.4 Å². The van der Waals surface area contributed by atoms with E-state index in [9.17, 15) is 0 Å². The van der Waals surface area contributed by atoms with Crippen LogP contribution in [-0.2, 0) is 6.54 Å². The zero-order valence-corrected chi connectivity index (χ0v) is 11.1. The van der Waals surface area contributed by atoms with Crippen molar-refractivity contribution in [1.29, 1.82) is 0 Å². The second-order valence-corrected chi connectivity index (χ2v) is 5.05. The Balaban J connectivity index is 1.91. The molecule has 1 aromatic rings. The van der Waals surface area contributed by atoms with Crippen LogP contribution in [0.2, 0.25) is 0 Å². The van der Waals surface area contributed by atoms with Gasteiger partial charge in [0.05, 0.1) is 0 Å². The fourth-order valence-corrected chi connectivity index (χ4v) is 1.78.